The molecule has 2 heteroatoms. The summed E-state index contributed by atoms with van der Waals surface area (Å²) in [7, 11) is 4.50. The summed E-state index contributed by atoms with van der Waals surface area (Å²) in [5, 5.41) is 0. The van der Waals surface area contributed by atoms with Crippen LogP contribution in [0.3, 0.4) is 0 Å². The molecule has 9 heavy (non-hydrogen) atoms. The van der Waals surface area contributed by atoms with Crippen LogP contribution in [0.15, 0.2) is 12.7 Å². The number of halogens is 1. The van der Waals surface area contributed by atoms with Gasteiger partial charge in [-0.1, -0.05) is 6.08 Å². The van der Waals surface area contributed by atoms with Gasteiger partial charge in [-0.3, -0.25) is 0 Å². The summed E-state index contributed by atoms with van der Waals surface area (Å²) in [4.78, 5) is 0. The zero-order chi connectivity index (χ0) is 6.20. The quantitative estimate of drug-likeness (QED) is 0.279. The second-order valence-corrected chi connectivity index (χ2v) is 3.30. The van der Waals surface area contributed by atoms with Crippen molar-refractivity contribution in [2.75, 3.05) is 27.2 Å². The lowest BCUT2D eigenvalue weighted by molar-refractivity contribution is -0.936. The van der Waals surface area contributed by atoms with Crippen molar-refractivity contribution in [1.82, 2.24) is 0 Å². The van der Waals surface area contributed by atoms with Gasteiger partial charge in [0, 0.05) is 0 Å². The fraction of sp³-hybridized carbons (Fsp3) is 0.714. The van der Waals surface area contributed by atoms with Gasteiger partial charge in [0.25, 0.3) is 0 Å². The Bertz CT molecular complexity index is 101. The van der Waals surface area contributed by atoms with Crippen LogP contribution in [-0.4, -0.2) is 31.7 Å². The molecule has 1 nitrogen and oxygen atoms in total. The Hall–Kier alpha value is 0.430. The van der Waals surface area contributed by atoms with Crippen LogP contribution in [0.1, 0.15) is 0 Å². The number of hydrogen-bond acceptors (Lipinski definition) is 0. The predicted molar refractivity (Wildman–Crippen MR) is 35.5 cm³/mol. The van der Waals surface area contributed by atoms with Crippen molar-refractivity contribution in [1.29, 1.82) is 0 Å². The van der Waals surface area contributed by atoms with Crippen molar-refractivity contribution >= 4 is 0 Å². The Labute approximate surface area is 74.3 Å². The molecule has 54 valence electrons. The Morgan fingerprint density at radius 3 is 2.00 bits per heavy atom. The molecule has 1 saturated heterocycles. The molecular weight excluding hydrogens is 225 g/mol. The van der Waals surface area contributed by atoms with E-state index in [0.29, 0.717) is 0 Å². The third-order valence-corrected chi connectivity index (χ3v) is 1.79. The van der Waals surface area contributed by atoms with Gasteiger partial charge in [-0.2, -0.15) is 0 Å². The Morgan fingerprint density at radius 2 is 1.89 bits per heavy atom. The summed E-state index contributed by atoms with van der Waals surface area (Å²) < 4.78 is 1.18. The van der Waals surface area contributed by atoms with Gasteiger partial charge in [0.1, 0.15) is 0 Å². The van der Waals surface area contributed by atoms with Gasteiger partial charge in [-0.15, -0.1) is 6.58 Å². The number of rotatable bonds is 1. The second-order valence-electron chi connectivity index (χ2n) is 3.30. The molecule has 0 aromatic carbocycles. The molecule has 1 rings (SSSR count). The maximum atomic E-state index is 3.74. The normalized spacial score (nSPS) is 23.8. The number of hydrogen-bond donors (Lipinski definition) is 0. The maximum absolute atomic E-state index is 3.74. The minimum absolute atomic E-state index is 0. The highest BCUT2D eigenvalue weighted by Crippen LogP contribution is 2.20. The Kier molecular flexibility index (Phi) is 3.16. The molecule has 0 radical (unpaired) electrons. The standard InChI is InChI=1S/C7H14N.HI/c1-4-7-5-8(2,3)6-7;/h4,7H,1,5-6H2,2-3H3;1H/q+1;/p-1. The molecule has 0 aliphatic carbocycles. The number of likely N-dealkylation sites (tertiary alicyclic amines) is 1. The van der Waals surface area contributed by atoms with E-state index in [1.54, 1.807) is 0 Å². The molecule has 1 aliphatic rings. The van der Waals surface area contributed by atoms with Crippen molar-refractivity contribution in [3.05, 3.63) is 12.7 Å². The van der Waals surface area contributed by atoms with Crippen LogP contribution in [0.4, 0.5) is 0 Å². The van der Waals surface area contributed by atoms with Crippen LogP contribution in [0.2, 0.25) is 0 Å². The fourth-order valence-electron chi connectivity index (χ4n) is 1.37. The fourth-order valence-corrected chi connectivity index (χ4v) is 1.37. The second kappa shape index (κ2) is 3.01. The average Bonchev–Trinajstić information content (AvgIpc) is 1.60. The van der Waals surface area contributed by atoms with Gasteiger partial charge in [-0.25, -0.2) is 0 Å². The van der Waals surface area contributed by atoms with E-state index in [-0.39, 0.29) is 24.0 Å². The maximum Gasteiger partial charge on any atom is 0.0901 e. The monoisotopic (exact) mass is 239 g/mol. The SMILES string of the molecule is C=CC1C[N+](C)(C)C1.[I-]. The molecule has 0 saturated carbocycles. The third-order valence-electron chi connectivity index (χ3n) is 1.79. The molecule has 1 aliphatic heterocycles. The molecule has 0 amide bonds. The van der Waals surface area contributed by atoms with Crippen LogP contribution in [0.5, 0.6) is 0 Å². The van der Waals surface area contributed by atoms with Gasteiger partial charge in [-0.05, 0) is 0 Å². The molecule has 0 aromatic heterocycles. The van der Waals surface area contributed by atoms with E-state index in [0.717, 1.165) is 5.92 Å². The van der Waals surface area contributed by atoms with Gasteiger partial charge >= 0.3 is 0 Å². The number of quaternary nitrogens is 1. The lowest BCUT2D eigenvalue weighted by atomic mass is 9.99. The highest BCUT2D eigenvalue weighted by molar-refractivity contribution is 4.83. The van der Waals surface area contributed by atoms with Crippen molar-refractivity contribution < 1.29 is 28.5 Å². The van der Waals surface area contributed by atoms with E-state index in [9.17, 15) is 0 Å². The first-order valence-electron chi connectivity index (χ1n) is 3.08. The van der Waals surface area contributed by atoms with Crippen molar-refractivity contribution in [2.24, 2.45) is 5.92 Å². The van der Waals surface area contributed by atoms with E-state index in [4.69, 9.17) is 0 Å². The highest BCUT2D eigenvalue weighted by Gasteiger charge is 2.33. The van der Waals surface area contributed by atoms with Crippen LogP contribution in [0.25, 0.3) is 0 Å². The van der Waals surface area contributed by atoms with Gasteiger partial charge < -0.3 is 28.5 Å². The molecule has 0 N–H and O–H groups in total. The smallest absolute Gasteiger partial charge is 0.0901 e. The average molecular weight is 239 g/mol. The van der Waals surface area contributed by atoms with Crippen LogP contribution in [-0.2, 0) is 0 Å². The zero-order valence-corrected chi connectivity index (χ0v) is 8.26. The molecule has 0 bridgehead atoms. The largest absolute Gasteiger partial charge is 1.00 e. The zero-order valence-electron chi connectivity index (χ0n) is 6.10. The summed E-state index contributed by atoms with van der Waals surface area (Å²) in [6.45, 7) is 6.30. The summed E-state index contributed by atoms with van der Waals surface area (Å²) in [5.74, 6) is 0.796. The van der Waals surface area contributed by atoms with E-state index in [1.165, 1.54) is 17.6 Å². The third kappa shape index (κ3) is 2.26. The van der Waals surface area contributed by atoms with Crippen LogP contribution in [0, 0.1) is 5.92 Å². The van der Waals surface area contributed by atoms with Crippen LogP contribution < -0.4 is 24.0 Å². The first-order valence-corrected chi connectivity index (χ1v) is 3.08. The molecule has 1 fully saturated rings. The van der Waals surface area contributed by atoms with Gasteiger partial charge in [0.15, 0.2) is 0 Å². The first kappa shape index (κ1) is 9.43. The Balaban J connectivity index is 0.000000640. The van der Waals surface area contributed by atoms with Crippen molar-refractivity contribution in [3.8, 4) is 0 Å². The number of nitrogens with zero attached hydrogens (tertiary/aromatic N) is 1. The summed E-state index contributed by atoms with van der Waals surface area (Å²) in [5.41, 5.74) is 0. The van der Waals surface area contributed by atoms with E-state index < -0.39 is 0 Å². The van der Waals surface area contributed by atoms with E-state index in [2.05, 4.69) is 26.8 Å². The summed E-state index contributed by atoms with van der Waals surface area (Å²) in [6, 6.07) is 0. The minimum Gasteiger partial charge on any atom is -1.00 e. The van der Waals surface area contributed by atoms with Crippen molar-refractivity contribution in [2.45, 2.75) is 0 Å². The van der Waals surface area contributed by atoms with Crippen molar-refractivity contribution in [3.63, 3.8) is 0 Å². The highest BCUT2D eigenvalue weighted by atomic mass is 127. The lowest BCUT2D eigenvalue weighted by Gasteiger charge is -2.43. The Morgan fingerprint density at radius 1 is 1.44 bits per heavy atom. The summed E-state index contributed by atoms with van der Waals surface area (Å²) in [6.07, 6.45) is 2.06. The molecule has 0 atom stereocenters. The van der Waals surface area contributed by atoms with Gasteiger partial charge in [0.2, 0.25) is 0 Å². The van der Waals surface area contributed by atoms with E-state index >= 15 is 0 Å². The summed E-state index contributed by atoms with van der Waals surface area (Å²) >= 11 is 0. The first-order chi connectivity index (χ1) is 3.64. The molecule has 0 aromatic rings. The topological polar surface area (TPSA) is 0 Å². The lowest BCUT2D eigenvalue weighted by Crippen LogP contribution is -3.00. The molecule has 0 unspecified atom stereocenters. The molecule has 0 spiro atoms. The molecule has 1 heterocycles. The van der Waals surface area contributed by atoms with Crippen LogP contribution >= 0.6 is 0 Å². The van der Waals surface area contributed by atoms with E-state index in [1.807, 2.05) is 0 Å². The predicted octanol–water partition coefficient (Wildman–Crippen LogP) is -2.12. The van der Waals surface area contributed by atoms with Gasteiger partial charge in [0.05, 0.1) is 33.1 Å². The minimum atomic E-state index is 0. The molecular formula is C7H14IN.